The maximum absolute atomic E-state index is 15.1. The second-order valence-electron chi connectivity index (χ2n) is 26.4. The maximum atomic E-state index is 15.1. The number of rotatable bonds is 15. The number of likely N-dealkylation sites (N-methyl/N-ethyl adjacent to an activating group) is 7. The maximum Gasteiger partial charge on any atom is 0.248 e. The number of amides is 11. The number of carbonyl (C=O) groups excluding carboxylic acids is 11. The van der Waals surface area contributed by atoms with Crippen molar-refractivity contribution in [3.05, 3.63) is 12.2 Å². The van der Waals surface area contributed by atoms with Crippen LogP contribution in [-0.4, -0.2) is 238 Å². The van der Waals surface area contributed by atoms with Gasteiger partial charge in [-0.3, -0.25) is 52.7 Å². The molecule has 24 heteroatoms. The second kappa shape index (κ2) is 35.0. The lowest BCUT2D eigenvalue weighted by atomic mass is 9.91. The van der Waals surface area contributed by atoms with Crippen LogP contribution in [0.5, 0.6) is 0 Å². The number of carbonyl (C=O) groups is 11. The van der Waals surface area contributed by atoms with Crippen molar-refractivity contribution in [2.75, 3.05) is 55.9 Å². The molecule has 2 unspecified atom stereocenters. The van der Waals surface area contributed by atoms with Gasteiger partial charge in [-0.25, -0.2) is 0 Å². The first kappa shape index (κ1) is 77.8. The molecule has 1 aliphatic rings. The lowest BCUT2D eigenvalue weighted by molar-refractivity contribution is -0.157. The fourth-order valence-corrected chi connectivity index (χ4v) is 10.7. The van der Waals surface area contributed by atoms with Gasteiger partial charge in [0.25, 0.3) is 0 Å². The van der Waals surface area contributed by atoms with Crippen molar-refractivity contribution in [3.8, 4) is 0 Å². The zero-order valence-corrected chi connectivity index (χ0v) is 56.4. The molecule has 0 spiro atoms. The van der Waals surface area contributed by atoms with Gasteiger partial charge in [0, 0.05) is 49.3 Å². The molecule has 0 aromatic carbocycles. The summed E-state index contributed by atoms with van der Waals surface area (Å²) in [5, 5.41) is 34.0. The molecule has 11 amide bonds. The summed E-state index contributed by atoms with van der Waals surface area (Å²) in [4.78, 5) is 168. The van der Waals surface area contributed by atoms with E-state index < -0.39 is 162 Å². The highest BCUT2D eigenvalue weighted by atomic mass is 16.3. The smallest absolute Gasteiger partial charge is 0.248 e. The number of nitrogens with zero attached hydrogens (tertiary/aromatic N) is 7. The Balaban J connectivity index is 4.37. The summed E-state index contributed by atoms with van der Waals surface area (Å²) < 4.78 is 0. The van der Waals surface area contributed by atoms with Crippen LogP contribution < -0.4 is 21.3 Å². The van der Waals surface area contributed by atoms with E-state index in [2.05, 4.69) is 21.3 Å². The van der Waals surface area contributed by atoms with Crippen molar-refractivity contribution < 1.29 is 63.0 Å². The van der Waals surface area contributed by atoms with E-state index in [9.17, 15) is 53.4 Å². The second-order valence-corrected chi connectivity index (χ2v) is 26.4. The molecule has 0 aromatic rings. The van der Waals surface area contributed by atoms with Gasteiger partial charge in [0.05, 0.1) is 18.8 Å². The van der Waals surface area contributed by atoms with Crippen LogP contribution in [0.4, 0.5) is 0 Å². The van der Waals surface area contributed by atoms with Crippen molar-refractivity contribution in [2.24, 2.45) is 41.4 Å². The van der Waals surface area contributed by atoms with Crippen molar-refractivity contribution in [2.45, 2.75) is 222 Å². The van der Waals surface area contributed by atoms with Crippen LogP contribution >= 0.6 is 0 Å². The van der Waals surface area contributed by atoms with Crippen molar-refractivity contribution in [1.82, 2.24) is 55.6 Å². The molecule has 0 aliphatic carbocycles. The molecule has 24 nitrogen and oxygen atoms in total. The Labute approximate surface area is 513 Å². The lowest BCUT2D eigenvalue weighted by Gasteiger charge is -2.41. The third-order valence-corrected chi connectivity index (χ3v) is 16.1. The number of allylic oxidation sites excluding steroid dienone is 2. The summed E-state index contributed by atoms with van der Waals surface area (Å²) in [6, 6.07) is -13.2. The Morgan fingerprint density at radius 3 is 1.27 bits per heavy atom. The molecule has 6 N–H and O–H groups in total. The van der Waals surface area contributed by atoms with E-state index in [4.69, 9.17) is 0 Å². The Morgan fingerprint density at radius 1 is 0.430 bits per heavy atom. The summed E-state index contributed by atoms with van der Waals surface area (Å²) >= 11 is 0. The van der Waals surface area contributed by atoms with Gasteiger partial charge in [-0.05, 0) is 101 Å². The first-order valence-electron chi connectivity index (χ1n) is 30.6. The van der Waals surface area contributed by atoms with E-state index in [1.165, 1.54) is 89.7 Å². The average Bonchev–Trinajstić information content (AvgIpc) is 2.16. The molecule has 0 aromatic heterocycles. The van der Waals surface area contributed by atoms with Crippen LogP contribution in [0, 0.1) is 41.4 Å². The predicted molar refractivity (Wildman–Crippen MR) is 330 cm³/mol. The molecule has 86 heavy (non-hydrogen) atoms. The minimum absolute atomic E-state index is 0.113. The highest BCUT2D eigenvalue weighted by molar-refractivity contribution is 5.99. The molecule has 0 bridgehead atoms. The minimum atomic E-state index is -1.74. The number of hydrogen-bond acceptors (Lipinski definition) is 13. The normalized spacial score (nSPS) is 27.1. The molecule has 13 atom stereocenters. The predicted octanol–water partition coefficient (Wildman–Crippen LogP) is 2.24. The third-order valence-electron chi connectivity index (χ3n) is 16.1. The molecule has 0 radical (unpaired) electrons. The minimum Gasteiger partial charge on any atom is -0.391 e. The van der Waals surface area contributed by atoms with E-state index in [0.717, 1.165) is 14.7 Å². The standard InChI is InChI=1S/C62H111N11O13/c1-25-26-27-39(14)52(76)51-56(80)66-49(42(17)74)60(84)67(18)32-47(75)68(19)43(28-33(2)3)55(79)65-48(37(10)11)61(85)69(20)44(29-34(4)5)54(78)63-40(15)53(77)64-41(16)57(81)70(21)45(30-35(6)7)58(82)71(22)46(31-36(8)9)59(83)72(23)50(38(12)13)62(86)73(51)24/h25-26,33-46,48-52,74,76H,27-32H2,1-24H3,(H,63,78)(H,64,77)(H,65,79)(H,66,80)/b26-25+/t39?,40-,41-,42+,43-,44-,45-,46-,48-,49-,50-,51+,52?/m0/s1. The van der Waals surface area contributed by atoms with Crippen LogP contribution in [0.15, 0.2) is 12.2 Å². The van der Waals surface area contributed by atoms with Crippen LogP contribution in [0.2, 0.25) is 0 Å². The fourth-order valence-electron chi connectivity index (χ4n) is 10.7. The fraction of sp³-hybridized carbons (Fsp3) is 0.790. The van der Waals surface area contributed by atoms with Crippen LogP contribution in [-0.2, 0) is 52.7 Å². The number of aliphatic hydroxyl groups excluding tert-OH is 2. The summed E-state index contributed by atoms with van der Waals surface area (Å²) in [6.45, 7) is 28.5. The number of nitrogens with one attached hydrogen (secondary N) is 4. The van der Waals surface area contributed by atoms with E-state index >= 15 is 9.59 Å². The third kappa shape index (κ3) is 21.6. The molecule has 1 heterocycles. The SMILES string of the molecule is C/C=C/CC(C)C(O)[C@@H]1C(=O)N[C@@H]([C@@H](C)O)C(=O)N(C)CC(=O)N(C)[C@@H](CC(C)C)C(=O)N[C@@H](C(C)C)C(=O)N(C)[C@@H](CC(C)C)C(=O)N[C@@H](C)C(=O)N[C@@H](C)C(=O)N(C)[C@@H](CC(C)C)C(=O)N(C)[C@@H](CC(C)C)C(=O)N(C)[C@@H](C(C)C)C(=O)N1C. The van der Waals surface area contributed by atoms with E-state index in [1.807, 2.05) is 55.4 Å². The van der Waals surface area contributed by atoms with Gasteiger partial charge in [-0.2, -0.15) is 0 Å². The van der Waals surface area contributed by atoms with Gasteiger partial charge >= 0.3 is 0 Å². The Morgan fingerprint density at radius 2 is 0.826 bits per heavy atom. The van der Waals surface area contributed by atoms with Gasteiger partial charge in [0.1, 0.15) is 60.4 Å². The quantitative estimate of drug-likeness (QED) is 0.129. The van der Waals surface area contributed by atoms with Gasteiger partial charge in [-0.15, -0.1) is 0 Å². The summed E-state index contributed by atoms with van der Waals surface area (Å²) in [5.74, 6) is -10.7. The van der Waals surface area contributed by atoms with Gasteiger partial charge in [0.2, 0.25) is 65.0 Å². The molecule has 0 saturated carbocycles. The number of hydrogen-bond donors (Lipinski definition) is 6. The summed E-state index contributed by atoms with van der Waals surface area (Å²) in [6.07, 6.45) is 1.10. The largest absolute Gasteiger partial charge is 0.391 e. The Kier molecular flexibility index (Phi) is 31.7. The monoisotopic (exact) mass is 1220 g/mol. The highest BCUT2D eigenvalue weighted by Gasteiger charge is 2.46. The van der Waals surface area contributed by atoms with E-state index in [-0.39, 0.29) is 55.8 Å². The first-order valence-corrected chi connectivity index (χ1v) is 30.6. The van der Waals surface area contributed by atoms with Gasteiger partial charge in [0.15, 0.2) is 0 Å². The van der Waals surface area contributed by atoms with Crippen LogP contribution in [0.1, 0.15) is 150 Å². The zero-order valence-electron chi connectivity index (χ0n) is 56.4. The van der Waals surface area contributed by atoms with Crippen molar-refractivity contribution in [1.29, 1.82) is 0 Å². The highest BCUT2D eigenvalue weighted by Crippen LogP contribution is 2.26. The first-order chi connectivity index (χ1) is 39.6. The van der Waals surface area contributed by atoms with E-state index in [1.54, 1.807) is 53.7 Å². The topological polar surface area (TPSA) is 299 Å². The molecular weight excluding hydrogens is 1110 g/mol. The summed E-state index contributed by atoms with van der Waals surface area (Å²) in [7, 11) is 9.62. The van der Waals surface area contributed by atoms with Crippen LogP contribution in [0.25, 0.3) is 0 Å². The van der Waals surface area contributed by atoms with Crippen molar-refractivity contribution >= 4 is 65.0 Å². The van der Waals surface area contributed by atoms with Gasteiger partial charge < -0.3 is 65.8 Å². The zero-order chi connectivity index (χ0) is 66.8. The molecule has 1 rings (SSSR count). The molecule has 1 aliphatic heterocycles. The van der Waals surface area contributed by atoms with Gasteiger partial charge in [-0.1, -0.05) is 102 Å². The molecule has 1 fully saturated rings. The van der Waals surface area contributed by atoms with Crippen LogP contribution in [0.3, 0.4) is 0 Å². The molecular formula is C62H111N11O13. The Hall–Kier alpha value is -6.17. The lowest BCUT2D eigenvalue weighted by Crippen LogP contribution is -2.64. The number of aliphatic hydroxyl groups is 2. The average molecular weight is 1220 g/mol. The summed E-state index contributed by atoms with van der Waals surface area (Å²) in [5.41, 5.74) is 0. The molecule has 1 saturated heterocycles. The van der Waals surface area contributed by atoms with E-state index in [0.29, 0.717) is 0 Å². The Bertz CT molecular complexity index is 2360. The van der Waals surface area contributed by atoms with Crippen molar-refractivity contribution in [3.63, 3.8) is 0 Å². The molecule has 492 valence electrons.